The van der Waals surface area contributed by atoms with Gasteiger partial charge in [0, 0.05) is 12.6 Å². The first-order chi connectivity index (χ1) is 8.16. The number of hydrogen-bond acceptors (Lipinski definition) is 2. The van der Waals surface area contributed by atoms with E-state index in [1.165, 1.54) is 0 Å². The van der Waals surface area contributed by atoms with Gasteiger partial charge in [-0.1, -0.05) is 30.3 Å². The third-order valence-corrected chi connectivity index (χ3v) is 3.03. The summed E-state index contributed by atoms with van der Waals surface area (Å²) >= 11 is 0. The number of carbonyl (C=O) groups is 1. The van der Waals surface area contributed by atoms with Crippen molar-refractivity contribution in [3.63, 3.8) is 0 Å². The summed E-state index contributed by atoms with van der Waals surface area (Å²) < 4.78 is 5.71. The Morgan fingerprint density at radius 2 is 2.00 bits per heavy atom. The van der Waals surface area contributed by atoms with E-state index in [2.05, 4.69) is 0 Å². The third kappa shape index (κ3) is 1.93. The molecule has 17 heavy (non-hydrogen) atoms. The summed E-state index contributed by atoms with van der Waals surface area (Å²) in [6, 6.07) is 9.92. The minimum Gasteiger partial charge on any atom is -0.491 e. The molecule has 1 amide bonds. The lowest BCUT2D eigenvalue weighted by molar-refractivity contribution is -0.138. The van der Waals surface area contributed by atoms with E-state index >= 15 is 0 Å². The Morgan fingerprint density at radius 3 is 2.53 bits per heavy atom. The molecule has 0 aliphatic carbocycles. The van der Waals surface area contributed by atoms with Gasteiger partial charge in [0.05, 0.1) is 18.2 Å². The minimum absolute atomic E-state index is 0.0678. The summed E-state index contributed by atoms with van der Waals surface area (Å²) in [6.07, 6.45) is 0. The molecule has 1 atom stereocenters. The fourth-order valence-electron chi connectivity index (χ4n) is 2.14. The number of nitrogens with zero attached hydrogens (tertiary/aromatic N) is 1. The van der Waals surface area contributed by atoms with Gasteiger partial charge in [-0.15, -0.1) is 0 Å². The van der Waals surface area contributed by atoms with E-state index in [4.69, 9.17) is 4.74 Å². The second-order valence-corrected chi connectivity index (χ2v) is 4.13. The summed E-state index contributed by atoms with van der Waals surface area (Å²) in [5.74, 6) is 0.901. The third-order valence-electron chi connectivity index (χ3n) is 3.03. The van der Waals surface area contributed by atoms with Gasteiger partial charge in [-0.25, -0.2) is 0 Å². The van der Waals surface area contributed by atoms with Crippen LogP contribution in [0.2, 0.25) is 0 Å². The number of rotatable bonds is 3. The molecule has 0 N–H and O–H groups in total. The Labute approximate surface area is 102 Å². The van der Waals surface area contributed by atoms with Crippen molar-refractivity contribution in [3.8, 4) is 0 Å². The summed E-state index contributed by atoms with van der Waals surface area (Å²) in [7, 11) is 1.79. The quantitative estimate of drug-likeness (QED) is 0.591. The van der Waals surface area contributed by atoms with Crippen LogP contribution >= 0.6 is 0 Å². The van der Waals surface area contributed by atoms with E-state index in [0.29, 0.717) is 6.61 Å². The molecule has 0 aromatic heterocycles. The van der Waals surface area contributed by atoms with E-state index in [1.807, 2.05) is 44.2 Å². The zero-order valence-corrected chi connectivity index (χ0v) is 10.4. The number of benzene rings is 1. The molecule has 3 nitrogen and oxygen atoms in total. The van der Waals surface area contributed by atoms with Crippen molar-refractivity contribution >= 4 is 11.7 Å². The molecule has 0 radical (unpaired) electrons. The molecule has 1 heterocycles. The first kappa shape index (κ1) is 11.7. The van der Waals surface area contributed by atoms with E-state index < -0.39 is 0 Å². The largest absolute Gasteiger partial charge is 0.491 e. The zero-order valence-electron chi connectivity index (χ0n) is 10.4. The van der Waals surface area contributed by atoms with Gasteiger partial charge >= 0.3 is 0 Å². The molecule has 1 aliphatic rings. The van der Waals surface area contributed by atoms with Crippen LogP contribution in [-0.2, 0) is 9.53 Å². The number of likely N-dealkylation sites (tertiary alicyclic amines) is 1. The van der Waals surface area contributed by atoms with Gasteiger partial charge in [0.25, 0.3) is 0 Å². The first-order valence-electron chi connectivity index (χ1n) is 5.86. The summed E-state index contributed by atoms with van der Waals surface area (Å²) in [4.78, 5) is 13.2. The number of carbonyl (C=O) groups excluding carboxylic acids is 1. The number of β-lactam (4-membered cyclic amide) rings is 1. The van der Waals surface area contributed by atoms with Gasteiger partial charge < -0.3 is 9.64 Å². The van der Waals surface area contributed by atoms with Gasteiger partial charge in [0.2, 0.25) is 5.91 Å². The van der Waals surface area contributed by atoms with Gasteiger partial charge in [0.1, 0.15) is 5.76 Å². The number of amides is 1. The standard InChI is InChI=1S/C14H17NO2/c1-4-17-13(11-8-6-5-7-9-11)12-10(2)14(16)15(12)3/h5-10H,4H2,1-3H3/b13-12-. The Balaban J connectivity index is 2.43. The minimum atomic E-state index is -0.0678. The molecule has 0 spiro atoms. The summed E-state index contributed by atoms with van der Waals surface area (Å²) in [5.41, 5.74) is 2.00. The molecule has 1 saturated heterocycles. The van der Waals surface area contributed by atoms with E-state index in [9.17, 15) is 4.79 Å². The Hall–Kier alpha value is -1.77. The lowest BCUT2D eigenvalue weighted by Gasteiger charge is -2.38. The van der Waals surface area contributed by atoms with E-state index in [1.54, 1.807) is 11.9 Å². The van der Waals surface area contributed by atoms with Crippen LogP contribution in [0.5, 0.6) is 0 Å². The summed E-state index contributed by atoms with van der Waals surface area (Å²) in [6.45, 7) is 4.47. The molecule has 2 rings (SSSR count). The fourth-order valence-corrected chi connectivity index (χ4v) is 2.14. The average molecular weight is 231 g/mol. The Kier molecular flexibility index (Phi) is 3.18. The van der Waals surface area contributed by atoms with Crippen molar-refractivity contribution in [3.05, 3.63) is 41.6 Å². The molecule has 3 heteroatoms. The average Bonchev–Trinajstić information content (AvgIpc) is 2.38. The van der Waals surface area contributed by atoms with Gasteiger partial charge in [-0.3, -0.25) is 4.79 Å². The zero-order chi connectivity index (χ0) is 12.4. The first-order valence-corrected chi connectivity index (χ1v) is 5.86. The monoisotopic (exact) mass is 231 g/mol. The number of ether oxygens (including phenoxy) is 1. The normalized spacial score (nSPS) is 22.2. The Morgan fingerprint density at radius 1 is 1.35 bits per heavy atom. The van der Waals surface area contributed by atoms with Crippen molar-refractivity contribution in [2.75, 3.05) is 13.7 Å². The number of hydrogen-bond donors (Lipinski definition) is 0. The van der Waals surface area contributed by atoms with Crippen LogP contribution in [0.4, 0.5) is 0 Å². The van der Waals surface area contributed by atoms with E-state index in [-0.39, 0.29) is 11.8 Å². The predicted molar refractivity (Wildman–Crippen MR) is 66.9 cm³/mol. The smallest absolute Gasteiger partial charge is 0.235 e. The second-order valence-electron chi connectivity index (χ2n) is 4.13. The molecule has 0 saturated carbocycles. The molecule has 1 fully saturated rings. The molecule has 90 valence electrons. The van der Waals surface area contributed by atoms with Crippen LogP contribution in [0.1, 0.15) is 19.4 Å². The van der Waals surface area contributed by atoms with Crippen molar-refractivity contribution in [1.82, 2.24) is 4.90 Å². The van der Waals surface area contributed by atoms with Crippen LogP contribution in [0.15, 0.2) is 36.0 Å². The lowest BCUT2D eigenvalue weighted by Crippen LogP contribution is -2.46. The molecule has 1 unspecified atom stereocenters. The van der Waals surface area contributed by atoms with Crippen molar-refractivity contribution < 1.29 is 9.53 Å². The van der Waals surface area contributed by atoms with Crippen LogP contribution in [0.25, 0.3) is 5.76 Å². The highest BCUT2D eigenvalue weighted by molar-refractivity contribution is 5.94. The van der Waals surface area contributed by atoms with Crippen LogP contribution < -0.4 is 0 Å². The summed E-state index contributed by atoms with van der Waals surface area (Å²) in [5, 5.41) is 0. The highest BCUT2D eigenvalue weighted by atomic mass is 16.5. The molecule has 0 bridgehead atoms. The van der Waals surface area contributed by atoms with Crippen molar-refractivity contribution in [1.29, 1.82) is 0 Å². The van der Waals surface area contributed by atoms with Crippen LogP contribution in [-0.4, -0.2) is 24.5 Å². The van der Waals surface area contributed by atoms with Gasteiger partial charge in [-0.2, -0.15) is 0 Å². The molecular weight excluding hydrogens is 214 g/mol. The van der Waals surface area contributed by atoms with Crippen molar-refractivity contribution in [2.24, 2.45) is 5.92 Å². The molecule has 1 aromatic carbocycles. The predicted octanol–water partition coefficient (Wildman–Crippen LogP) is 2.50. The molecule has 1 aromatic rings. The van der Waals surface area contributed by atoms with Gasteiger partial charge in [0.15, 0.2) is 0 Å². The Bertz CT molecular complexity index is 437. The van der Waals surface area contributed by atoms with E-state index in [0.717, 1.165) is 17.0 Å². The van der Waals surface area contributed by atoms with Crippen LogP contribution in [0.3, 0.4) is 0 Å². The molecule has 1 aliphatic heterocycles. The topological polar surface area (TPSA) is 29.5 Å². The SMILES string of the molecule is CCO/C(=C1/C(C)C(=O)N1C)c1ccccc1. The maximum Gasteiger partial charge on any atom is 0.235 e. The second kappa shape index (κ2) is 4.62. The van der Waals surface area contributed by atoms with Crippen LogP contribution in [0, 0.1) is 5.92 Å². The highest BCUT2D eigenvalue weighted by Gasteiger charge is 2.39. The highest BCUT2D eigenvalue weighted by Crippen LogP contribution is 2.35. The maximum atomic E-state index is 11.5. The maximum absolute atomic E-state index is 11.5. The lowest BCUT2D eigenvalue weighted by atomic mass is 9.93. The van der Waals surface area contributed by atoms with Crippen molar-refractivity contribution in [2.45, 2.75) is 13.8 Å². The fraction of sp³-hybridized carbons (Fsp3) is 0.357. The van der Waals surface area contributed by atoms with Gasteiger partial charge in [-0.05, 0) is 13.8 Å². The molecular formula is C14H17NO2.